The van der Waals surface area contributed by atoms with Crippen LogP contribution in [-0.4, -0.2) is 42.2 Å². The summed E-state index contributed by atoms with van der Waals surface area (Å²) >= 11 is 7.66. The quantitative estimate of drug-likeness (QED) is 0.329. The molecule has 3 aromatic rings. The fraction of sp³-hybridized carbons (Fsp3) is 0.227. The van der Waals surface area contributed by atoms with E-state index in [9.17, 15) is 9.18 Å². The zero-order valence-electron chi connectivity index (χ0n) is 16.6. The summed E-state index contributed by atoms with van der Waals surface area (Å²) in [6.45, 7) is 2.88. The Labute approximate surface area is 188 Å². The van der Waals surface area contributed by atoms with Crippen molar-refractivity contribution in [3.63, 3.8) is 0 Å². The van der Waals surface area contributed by atoms with E-state index in [0.29, 0.717) is 34.8 Å². The van der Waals surface area contributed by atoms with Crippen LogP contribution in [0.3, 0.4) is 0 Å². The number of amides is 1. The maximum atomic E-state index is 13.7. The number of carbonyl (C=O) groups is 1. The summed E-state index contributed by atoms with van der Waals surface area (Å²) in [5.41, 5.74) is 1.61. The molecule has 1 aliphatic heterocycles. The van der Waals surface area contributed by atoms with Gasteiger partial charge < -0.3 is 15.0 Å². The Balaban J connectivity index is 1.38. The summed E-state index contributed by atoms with van der Waals surface area (Å²) in [6.07, 6.45) is 0. The Hall–Kier alpha value is -2.68. The van der Waals surface area contributed by atoms with Gasteiger partial charge in [0.25, 0.3) is 5.91 Å². The first-order valence-electron chi connectivity index (χ1n) is 9.73. The minimum atomic E-state index is -0.471. The van der Waals surface area contributed by atoms with Gasteiger partial charge in [0.05, 0.1) is 18.9 Å². The van der Waals surface area contributed by atoms with Gasteiger partial charge in [0.2, 0.25) is 0 Å². The molecule has 0 saturated carbocycles. The molecule has 0 aliphatic carbocycles. The van der Waals surface area contributed by atoms with Crippen LogP contribution in [0.15, 0.2) is 59.8 Å². The molecule has 4 rings (SSSR count). The molecule has 1 amide bonds. The molecule has 1 fully saturated rings. The van der Waals surface area contributed by atoms with Crippen LogP contribution in [0.25, 0.3) is 0 Å². The third kappa shape index (κ3) is 5.72. The van der Waals surface area contributed by atoms with E-state index in [-0.39, 0.29) is 11.6 Å². The summed E-state index contributed by atoms with van der Waals surface area (Å²) in [4.78, 5) is 23.4. The molecule has 0 atom stereocenters. The van der Waals surface area contributed by atoms with Crippen molar-refractivity contribution in [2.45, 2.75) is 10.9 Å². The number of halogens is 2. The maximum absolute atomic E-state index is 13.7. The first-order chi connectivity index (χ1) is 15.1. The zero-order valence-corrected chi connectivity index (χ0v) is 18.1. The Bertz CT molecular complexity index is 1060. The maximum Gasteiger partial charge on any atom is 0.255 e. The number of carbonyl (C=O) groups excluding carboxylic acids is 1. The molecule has 31 heavy (non-hydrogen) atoms. The Morgan fingerprint density at radius 1 is 1.13 bits per heavy atom. The molecular weight excluding hydrogens is 439 g/mol. The number of hydrogen-bond acceptors (Lipinski definition) is 6. The summed E-state index contributed by atoms with van der Waals surface area (Å²) in [6, 6.07) is 15.0. The Morgan fingerprint density at radius 3 is 2.61 bits per heavy atom. The van der Waals surface area contributed by atoms with E-state index in [1.54, 1.807) is 30.3 Å². The van der Waals surface area contributed by atoms with Gasteiger partial charge in [-0.2, -0.15) is 0 Å². The van der Waals surface area contributed by atoms with Crippen molar-refractivity contribution in [2.24, 2.45) is 0 Å². The molecule has 2 heterocycles. The van der Waals surface area contributed by atoms with Crippen molar-refractivity contribution in [2.75, 3.05) is 36.5 Å². The van der Waals surface area contributed by atoms with Gasteiger partial charge in [-0.1, -0.05) is 47.6 Å². The van der Waals surface area contributed by atoms with Crippen molar-refractivity contribution in [1.29, 1.82) is 0 Å². The molecule has 1 aromatic heterocycles. The zero-order chi connectivity index (χ0) is 21.6. The lowest BCUT2D eigenvalue weighted by molar-refractivity contribution is 0.102. The number of rotatable bonds is 6. The molecule has 160 valence electrons. The molecule has 0 radical (unpaired) electrons. The van der Waals surface area contributed by atoms with E-state index < -0.39 is 5.82 Å². The number of benzene rings is 2. The highest BCUT2D eigenvalue weighted by molar-refractivity contribution is 7.98. The van der Waals surface area contributed by atoms with Gasteiger partial charge in [0.1, 0.15) is 16.8 Å². The standard InChI is InChI=1S/C22H20ClFN4O2S/c23-19-13-20(28-9-11-30-12-10-28)27-22(26-19)31-14-15-5-7-16(8-6-15)21(29)25-18-4-2-1-3-17(18)24/h1-8,13H,9-12,14H2,(H,25,29). The fourth-order valence-corrected chi connectivity index (χ4v) is 4.10. The molecule has 2 aromatic carbocycles. The number of hydrogen-bond donors (Lipinski definition) is 1. The van der Waals surface area contributed by atoms with Crippen molar-refractivity contribution in [3.05, 3.63) is 76.7 Å². The summed E-state index contributed by atoms with van der Waals surface area (Å²) < 4.78 is 19.1. The largest absolute Gasteiger partial charge is 0.378 e. The second-order valence-corrected chi connectivity index (χ2v) is 8.18. The van der Waals surface area contributed by atoms with Crippen LogP contribution in [0.5, 0.6) is 0 Å². The molecule has 6 nitrogen and oxygen atoms in total. The van der Waals surface area contributed by atoms with E-state index in [1.807, 2.05) is 12.1 Å². The SMILES string of the molecule is O=C(Nc1ccccc1F)c1ccc(CSc2nc(Cl)cc(N3CCOCC3)n2)cc1. The molecule has 0 bridgehead atoms. The van der Waals surface area contributed by atoms with Crippen LogP contribution in [0.1, 0.15) is 15.9 Å². The monoisotopic (exact) mass is 458 g/mol. The number of aromatic nitrogens is 2. The van der Waals surface area contributed by atoms with Crippen LogP contribution in [0.2, 0.25) is 5.15 Å². The van der Waals surface area contributed by atoms with E-state index >= 15 is 0 Å². The number of nitrogens with zero attached hydrogens (tertiary/aromatic N) is 3. The van der Waals surface area contributed by atoms with Gasteiger partial charge in [-0.25, -0.2) is 14.4 Å². The first kappa shape index (κ1) is 21.5. The van der Waals surface area contributed by atoms with E-state index in [1.165, 1.54) is 23.9 Å². The Kier molecular flexibility index (Phi) is 7.01. The lowest BCUT2D eigenvalue weighted by atomic mass is 10.1. The smallest absolute Gasteiger partial charge is 0.255 e. The molecule has 0 unspecified atom stereocenters. The Morgan fingerprint density at radius 2 is 1.87 bits per heavy atom. The van der Waals surface area contributed by atoms with Gasteiger partial charge in [-0.05, 0) is 29.8 Å². The molecule has 9 heteroatoms. The van der Waals surface area contributed by atoms with Crippen molar-refractivity contribution in [3.8, 4) is 0 Å². The number of anilines is 2. The molecule has 1 aliphatic rings. The predicted octanol–water partition coefficient (Wildman–Crippen LogP) is 4.65. The third-order valence-electron chi connectivity index (χ3n) is 4.70. The summed E-state index contributed by atoms with van der Waals surface area (Å²) in [5.74, 6) is 0.586. The number of nitrogens with one attached hydrogen (secondary N) is 1. The number of morpholine rings is 1. The highest BCUT2D eigenvalue weighted by Crippen LogP contribution is 2.25. The van der Waals surface area contributed by atoms with Crippen molar-refractivity contribution >= 4 is 40.8 Å². The van der Waals surface area contributed by atoms with Gasteiger partial charge in [-0.3, -0.25) is 4.79 Å². The predicted molar refractivity (Wildman–Crippen MR) is 120 cm³/mol. The molecule has 1 N–H and O–H groups in total. The van der Waals surface area contributed by atoms with Gasteiger partial charge in [0.15, 0.2) is 5.16 Å². The lowest BCUT2D eigenvalue weighted by Gasteiger charge is -2.27. The van der Waals surface area contributed by atoms with E-state index in [0.717, 1.165) is 24.5 Å². The number of para-hydroxylation sites is 1. The minimum Gasteiger partial charge on any atom is -0.378 e. The van der Waals surface area contributed by atoms with Gasteiger partial charge in [0, 0.05) is 30.5 Å². The molecule has 1 saturated heterocycles. The second kappa shape index (κ2) is 10.1. The average molecular weight is 459 g/mol. The number of ether oxygens (including phenoxy) is 1. The summed E-state index contributed by atoms with van der Waals surface area (Å²) in [5, 5.41) is 3.57. The van der Waals surface area contributed by atoms with Crippen molar-refractivity contribution in [1.82, 2.24) is 9.97 Å². The van der Waals surface area contributed by atoms with E-state index in [2.05, 4.69) is 20.2 Å². The fourth-order valence-electron chi connectivity index (χ4n) is 3.06. The van der Waals surface area contributed by atoms with Crippen LogP contribution in [0, 0.1) is 5.82 Å². The first-order valence-corrected chi connectivity index (χ1v) is 11.1. The summed E-state index contributed by atoms with van der Waals surface area (Å²) in [7, 11) is 0. The average Bonchev–Trinajstić information content (AvgIpc) is 2.80. The van der Waals surface area contributed by atoms with E-state index in [4.69, 9.17) is 16.3 Å². The highest BCUT2D eigenvalue weighted by Gasteiger charge is 2.15. The molecule has 0 spiro atoms. The van der Waals surface area contributed by atoms with Crippen LogP contribution < -0.4 is 10.2 Å². The second-order valence-electron chi connectivity index (χ2n) is 6.85. The normalized spacial score (nSPS) is 13.8. The third-order valence-corrected chi connectivity index (χ3v) is 5.81. The van der Waals surface area contributed by atoms with Gasteiger partial charge in [-0.15, -0.1) is 0 Å². The topological polar surface area (TPSA) is 67.4 Å². The van der Waals surface area contributed by atoms with Gasteiger partial charge >= 0.3 is 0 Å². The highest BCUT2D eigenvalue weighted by atomic mass is 35.5. The molecular formula is C22H20ClFN4O2S. The lowest BCUT2D eigenvalue weighted by Crippen LogP contribution is -2.36. The number of thioether (sulfide) groups is 1. The van der Waals surface area contributed by atoms with Crippen molar-refractivity contribution < 1.29 is 13.9 Å². The minimum absolute atomic E-state index is 0.154. The van der Waals surface area contributed by atoms with Crippen LogP contribution >= 0.6 is 23.4 Å². The van der Waals surface area contributed by atoms with Crippen LogP contribution in [-0.2, 0) is 10.5 Å². The van der Waals surface area contributed by atoms with Crippen LogP contribution in [0.4, 0.5) is 15.9 Å².